The molecule has 51 heavy (non-hydrogen) atoms. The van der Waals surface area contributed by atoms with Gasteiger partial charge in [0.1, 0.15) is 0 Å². The number of aryl methyl sites for hydroxylation is 4. The molecule has 0 aliphatic rings. The SMILES string of the molecule is CC.CC.CC.Cc1ccc(Cc2ccccc2)cc1.Cc1ccccc1.Cc1ccccc1.Cc1cccnc1.c1ccc2ccccc2c1. The van der Waals surface area contributed by atoms with E-state index in [0.29, 0.717) is 0 Å². The van der Waals surface area contributed by atoms with Gasteiger partial charge in [0.2, 0.25) is 0 Å². The van der Waals surface area contributed by atoms with E-state index in [2.05, 4.69) is 153 Å². The highest BCUT2D eigenvalue weighted by molar-refractivity contribution is 5.82. The predicted molar refractivity (Wildman–Crippen MR) is 230 cm³/mol. The van der Waals surface area contributed by atoms with E-state index < -0.39 is 0 Å². The van der Waals surface area contributed by atoms with Crippen molar-refractivity contribution in [2.45, 2.75) is 75.7 Å². The Morgan fingerprint density at radius 2 is 0.627 bits per heavy atom. The van der Waals surface area contributed by atoms with Gasteiger partial charge in [0.05, 0.1) is 0 Å². The van der Waals surface area contributed by atoms with E-state index in [4.69, 9.17) is 0 Å². The second-order valence-electron chi connectivity index (χ2n) is 10.8. The maximum absolute atomic E-state index is 3.88. The molecule has 268 valence electrons. The van der Waals surface area contributed by atoms with Crippen molar-refractivity contribution in [2.24, 2.45) is 0 Å². The van der Waals surface area contributed by atoms with Crippen LogP contribution in [0.5, 0.6) is 0 Å². The number of benzene rings is 6. The molecule has 1 nitrogen and oxygen atoms in total. The topological polar surface area (TPSA) is 12.9 Å². The number of hydrogen-bond acceptors (Lipinski definition) is 1. The van der Waals surface area contributed by atoms with Crippen LogP contribution in [-0.4, -0.2) is 4.98 Å². The zero-order valence-corrected chi connectivity index (χ0v) is 33.1. The van der Waals surface area contributed by atoms with Gasteiger partial charge in [-0.2, -0.15) is 0 Å². The summed E-state index contributed by atoms with van der Waals surface area (Å²) >= 11 is 0. The summed E-state index contributed by atoms with van der Waals surface area (Å²) < 4.78 is 0. The van der Waals surface area contributed by atoms with Crippen LogP contribution in [0.3, 0.4) is 0 Å². The van der Waals surface area contributed by atoms with Gasteiger partial charge in [-0.1, -0.05) is 228 Å². The summed E-state index contributed by atoms with van der Waals surface area (Å²) in [6.07, 6.45) is 4.63. The van der Waals surface area contributed by atoms with Crippen molar-refractivity contribution in [3.63, 3.8) is 0 Å². The first-order valence-electron chi connectivity index (χ1n) is 18.4. The maximum Gasteiger partial charge on any atom is 0.0297 e. The van der Waals surface area contributed by atoms with Crippen molar-refractivity contribution in [3.8, 4) is 0 Å². The number of nitrogens with zero attached hydrogens (tertiary/aromatic N) is 1. The molecule has 7 rings (SSSR count). The number of hydrogen-bond donors (Lipinski definition) is 0. The fourth-order valence-corrected chi connectivity index (χ4v) is 4.19. The first-order valence-corrected chi connectivity index (χ1v) is 18.4. The van der Waals surface area contributed by atoms with Crippen LogP contribution < -0.4 is 0 Å². The lowest BCUT2D eigenvalue weighted by molar-refractivity contribution is 1.19. The molecule has 0 spiro atoms. The van der Waals surface area contributed by atoms with Crippen LogP contribution in [0.2, 0.25) is 0 Å². The normalized spacial score (nSPS) is 8.67. The lowest BCUT2D eigenvalue weighted by Crippen LogP contribution is -1.86. The van der Waals surface area contributed by atoms with Gasteiger partial charge in [-0.3, -0.25) is 4.98 Å². The zero-order valence-electron chi connectivity index (χ0n) is 33.1. The van der Waals surface area contributed by atoms with Crippen LogP contribution in [0.15, 0.2) is 188 Å². The van der Waals surface area contributed by atoms with Gasteiger partial charge in [0, 0.05) is 12.4 Å². The summed E-state index contributed by atoms with van der Waals surface area (Å²) in [5.41, 5.74) is 7.92. The molecule has 1 heterocycles. The monoisotopic (exact) mass is 677 g/mol. The Morgan fingerprint density at radius 1 is 0.314 bits per heavy atom. The maximum atomic E-state index is 3.88. The molecule has 0 saturated heterocycles. The summed E-state index contributed by atoms with van der Waals surface area (Å²) in [6, 6.07) is 60.5. The highest BCUT2D eigenvalue weighted by atomic mass is 14.6. The van der Waals surface area contributed by atoms with Gasteiger partial charge >= 0.3 is 0 Å². The largest absolute Gasteiger partial charge is 0.264 e. The molecule has 0 N–H and O–H groups in total. The van der Waals surface area contributed by atoms with Crippen molar-refractivity contribution in [1.29, 1.82) is 0 Å². The highest BCUT2D eigenvalue weighted by Crippen LogP contribution is 2.11. The number of fused-ring (bicyclic) bond motifs is 1. The van der Waals surface area contributed by atoms with Gasteiger partial charge in [0.15, 0.2) is 0 Å². The van der Waals surface area contributed by atoms with Gasteiger partial charge in [0.25, 0.3) is 0 Å². The summed E-state index contributed by atoms with van der Waals surface area (Å²) in [6.45, 7) is 20.3. The third-order valence-corrected chi connectivity index (χ3v) is 6.72. The minimum Gasteiger partial charge on any atom is -0.264 e. The molecular formula is C50H63N. The van der Waals surface area contributed by atoms with Crippen LogP contribution in [0, 0.1) is 27.7 Å². The number of aromatic nitrogens is 1. The van der Waals surface area contributed by atoms with Crippen LogP contribution in [0.4, 0.5) is 0 Å². The van der Waals surface area contributed by atoms with Crippen molar-refractivity contribution in [2.75, 3.05) is 0 Å². The highest BCUT2D eigenvalue weighted by Gasteiger charge is 1.94. The summed E-state index contributed by atoms with van der Waals surface area (Å²) in [5.74, 6) is 0. The quantitative estimate of drug-likeness (QED) is 0.177. The first kappa shape index (κ1) is 45.7. The number of rotatable bonds is 2. The fraction of sp³-hybridized carbons (Fsp3) is 0.220. The molecule has 6 aromatic carbocycles. The summed E-state index contributed by atoms with van der Waals surface area (Å²) in [7, 11) is 0. The van der Waals surface area contributed by atoms with E-state index in [-0.39, 0.29) is 0 Å². The Labute approximate surface area is 312 Å². The minimum atomic E-state index is 1.03. The molecule has 0 amide bonds. The molecule has 0 saturated carbocycles. The lowest BCUT2D eigenvalue weighted by Gasteiger charge is -2.01. The van der Waals surface area contributed by atoms with Gasteiger partial charge in [-0.25, -0.2) is 0 Å². The average Bonchev–Trinajstić information content (AvgIpc) is 3.20. The van der Waals surface area contributed by atoms with E-state index in [0.717, 1.165) is 6.42 Å². The van der Waals surface area contributed by atoms with Gasteiger partial charge < -0.3 is 0 Å². The zero-order chi connectivity index (χ0) is 38.0. The first-order chi connectivity index (χ1) is 25.0. The van der Waals surface area contributed by atoms with Gasteiger partial charge in [-0.05, 0) is 67.6 Å². The smallest absolute Gasteiger partial charge is 0.0297 e. The molecule has 1 aromatic heterocycles. The van der Waals surface area contributed by atoms with E-state index in [9.17, 15) is 0 Å². The van der Waals surface area contributed by atoms with Gasteiger partial charge in [-0.15, -0.1) is 0 Å². The van der Waals surface area contributed by atoms with Crippen LogP contribution >= 0.6 is 0 Å². The Bertz CT molecular complexity index is 1560. The molecule has 0 aliphatic carbocycles. The van der Waals surface area contributed by atoms with Crippen LogP contribution in [-0.2, 0) is 6.42 Å². The molecule has 0 atom stereocenters. The lowest BCUT2D eigenvalue weighted by atomic mass is 10.0. The Balaban J connectivity index is 0.000000606. The molecule has 7 aromatic rings. The molecule has 0 aliphatic heterocycles. The molecule has 0 unspecified atom stereocenters. The van der Waals surface area contributed by atoms with Crippen molar-refractivity contribution < 1.29 is 0 Å². The molecule has 0 radical (unpaired) electrons. The van der Waals surface area contributed by atoms with Crippen molar-refractivity contribution in [3.05, 3.63) is 222 Å². The Hall–Kier alpha value is -5.27. The van der Waals surface area contributed by atoms with Crippen molar-refractivity contribution in [1.82, 2.24) is 4.98 Å². The van der Waals surface area contributed by atoms with E-state index in [1.807, 2.05) is 103 Å². The van der Waals surface area contributed by atoms with E-state index in [1.165, 1.54) is 44.2 Å². The molecular weight excluding hydrogens is 615 g/mol. The summed E-state index contributed by atoms with van der Waals surface area (Å²) in [4.78, 5) is 3.88. The fourth-order valence-electron chi connectivity index (χ4n) is 4.19. The molecule has 0 fully saturated rings. The molecule has 1 heteroatoms. The van der Waals surface area contributed by atoms with E-state index >= 15 is 0 Å². The van der Waals surface area contributed by atoms with Crippen LogP contribution in [0.25, 0.3) is 10.8 Å². The van der Waals surface area contributed by atoms with Crippen molar-refractivity contribution >= 4 is 10.8 Å². The Morgan fingerprint density at radius 3 is 0.922 bits per heavy atom. The Kier molecular flexibility index (Phi) is 28.7. The minimum absolute atomic E-state index is 1.03. The summed E-state index contributed by atoms with van der Waals surface area (Å²) in [5, 5.41) is 2.62. The third kappa shape index (κ3) is 23.7. The second kappa shape index (κ2) is 32.0. The molecule has 0 bridgehead atoms. The third-order valence-electron chi connectivity index (χ3n) is 6.72. The average molecular weight is 678 g/mol. The number of pyridine rings is 1. The second-order valence-corrected chi connectivity index (χ2v) is 10.8. The standard InChI is InChI=1S/C14H14.C10H8.2C7H8.C6H7N.3C2H6/c1-12-7-9-14(10-8-12)11-13-5-3-2-4-6-13;1-2-6-10-8-4-3-7-9(10)5-1;2*1-7-5-3-2-4-6-7;1-6-3-2-4-7-5-6;3*1-2/h2-10H,11H2,1H3;1-8H;2*2-6H,1H3;2-5H,1H3;3*1-2H3. The van der Waals surface area contributed by atoms with Crippen LogP contribution in [0.1, 0.15) is 74.9 Å². The van der Waals surface area contributed by atoms with E-state index in [1.54, 1.807) is 6.20 Å². The predicted octanol–water partition coefficient (Wildman–Crippen LogP) is 14.9.